The topological polar surface area (TPSA) is 148 Å². The van der Waals surface area contributed by atoms with Crippen LogP contribution in [0.1, 0.15) is 99.3 Å². The summed E-state index contributed by atoms with van der Waals surface area (Å²) in [5, 5.41) is 0. The summed E-state index contributed by atoms with van der Waals surface area (Å²) in [6.07, 6.45) is 26.2. The predicted molar refractivity (Wildman–Crippen MR) is 330 cm³/mol. The molecule has 456 valence electrons. The van der Waals surface area contributed by atoms with Gasteiger partial charge in [0.2, 0.25) is 11.5 Å². The number of benzene rings is 4. The van der Waals surface area contributed by atoms with Crippen LogP contribution in [0.4, 0.5) is 0 Å². The second-order valence-corrected chi connectivity index (χ2v) is 18.4. The highest BCUT2D eigenvalue weighted by atomic mass is 17.2. The highest BCUT2D eigenvalue weighted by Crippen LogP contribution is 2.43. The maximum atomic E-state index is 6.54. The zero-order valence-electron chi connectivity index (χ0n) is 49.1. The summed E-state index contributed by atoms with van der Waals surface area (Å²) in [4.78, 5) is 41.0. The molecule has 0 atom stereocenters. The van der Waals surface area contributed by atoms with E-state index in [0.717, 1.165) is 84.7 Å². The van der Waals surface area contributed by atoms with Crippen LogP contribution in [0.5, 0.6) is 34.5 Å². The van der Waals surface area contributed by atoms with Crippen molar-refractivity contribution in [1.82, 2.24) is 0 Å². The van der Waals surface area contributed by atoms with Gasteiger partial charge < -0.3 is 42.8 Å². The molecule has 0 aromatic heterocycles. The normalized spacial score (nSPS) is 11.0. The summed E-state index contributed by atoms with van der Waals surface area (Å²) in [6.45, 7) is 28.0. The standard InChI is InChI=1S/C68H88O16/c1-7-41-77-81-53-21-17-48-72-64-40-38-62(66(74-50-19-23-55-83-79-43-9-3)68(64)76-52-20-24-56-84-80-44-10-4)36-30-58-27-33-60(34-28-58)59-31-25-57(26-32-59)29-35-61-37-39-63(71-47-15-13-45-69-11-5)67(75-51-16-14-46-70-12-6)65(61)73-49-18-22-54-82-78-42-8-2/h7-8,10-12,25-40,43H,1-6,13-24,41-42,44-56H2. The van der Waals surface area contributed by atoms with Gasteiger partial charge in [-0.15, -0.1) is 19.7 Å². The summed E-state index contributed by atoms with van der Waals surface area (Å²) >= 11 is 0. The largest absolute Gasteiger partial charge is 0.502 e. The lowest BCUT2D eigenvalue weighted by atomic mass is 10.0. The first-order valence-electron chi connectivity index (χ1n) is 28.9. The maximum absolute atomic E-state index is 6.54. The molecule has 0 aliphatic heterocycles. The van der Waals surface area contributed by atoms with Crippen LogP contribution in [0.2, 0.25) is 0 Å². The molecule has 16 nitrogen and oxygen atoms in total. The summed E-state index contributed by atoms with van der Waals surface area (Å²) in [7, 11) is 0. The van der Waals surface area contributed by atoms with Crippen LogP contribution in [-0.2, 0) is 48.6 Å². The van der Waals surface area contributed by atoms with Gasteiger partial charge in [-0.3, -0.25) is 0 Å². The van der Waals surface area contributed by atoms with Crippen LogP contribution >= 0.6 is 0 Å². The lowest BCUT2D eigenvalue weighted by Crippen LogP contribution is -2.08. The molecule has 4 aromatic carbocycles. The van der Waals surface area contributed by atoms with Crippen molar-refractivity contribution in [3.63, 3.8) is 0 Å². The number of unbranched alkanes of at least 4 members (excludes halogenated alkanes) is 6. The fraction of sp³-hybridized carbons (Fsp3) is 0.397. The molecule has 4 aromatic rings. The van der Waals surface area contributed by atoms with Crippen molar-refractivity contribution in [2.75, 3.05) is 99.1 Å². The molecule has 0 radical (unpaired) electrons. The van der Waals surface area contributed by atoms with Crippen molar-refractivity contribution >= 4 is 24.3 Å². The lowest BCUT2D eigenvalue weighted by Gasteiger charge is -2.19. The Hall–Kier alpha value is -7.50. The predicted octanol–water partition coefficient (Wildman–Crippen LogP) is 15.6. The Bertz CT molecular complexity index is 2530. The van der Waals surface area contributed by atoms with Gasteiger partial charge in [0.15, 0.2) is 29.3 Å². The fourth-order valence-corrected chi connectivity index (χ4v) is 7.56. The zero-order valence-corrected chi connectivity index (χ0v) is 49.1. The summed E-state index contributed by atoms with van der Waals surface area (Å²) in [5.74, 6) is 3.43. The smallest absolute Gasteiger partial charge is 0.204 e. The average molecular weight is 1160 g/mol. The second-order valence-electron chi connectivity index (χ2n) is 18.4. The van der Waals surface area contributed by atoms with Gasteiger partial charge in [-0.05, 0) is 124 Å². The van der Waals surface area contributed by atoms with E-state index < -0.39 is 0 Å². The third kappa shape index (κ3) is 29.7. The molecule has 16 heteroatoms. The first-order valence-corrected chi connectivity index (χ1v) is 28.9. The Balaban J connectivity index is 1.55. The van der Waals surface area contributed by atoms with E-state index in [1.54, 1.807) is 18.2 Å². The quantitative estimate of drug-likeness (QED) is 0.00784. The van der Waals surface area contributed by atoms with Crippen LogP contribution in [0.25, 0.3) is 35.4 Å². The van der Waals surface area contributed by atoms with Gasteiger partial charge in [-0.25, -0.2) is 29.3 Å². The van der Waals surface area contributed by atoms with Crippen LogP contribution in [-0.4, -0.2) is 99.1 Å². The zero-order chi connectivity index (χ0) is 59.6. The van der Waals surface area contributed by atoms with E-state index in [1.807, 2.05) is 36.4 Å². The molecule has 4 rings (SSSR count). The minimum atomic E-state index is 0.317. The third-order valence-corrected chi connectivity index (χ3v) is 11.8. The molecule has 0 unspecified atom stereocenters. The third-order valence-electron chi connectivity index (χ3n) is 11.8. The molecule has 0 bridgehead atoms. The summed E-state index contributed by atoms with van der Waals surface area (Å²) < 4.78 is 49.3. The van der Waals surface area contributed by atoms with Crippen molar-refractivity contribution in [3.8, 4) is 45.6 Å². The van der Waals surface area contributed by atoms with Gasteiger partial charge in [-0.2, -0.15) is 4.89 Å². The van der Waals surface area contributed by atoms with E-state index in [0.29, 0.717) is 159 Å². The van der Waals surface area contributed by atoms with Crippen LogP contribution in [0, 0.1) is 0 Å². The van der Waals surface area contributed by atoms with Crippen molar-refractivity contribution in [2.45, 2.75) is 77.0 Å². The highest BCUT2D eigenvalue weighted by Gasteiger charge is 2.20. The maximum Gasteiger partial charge on any atom is 0.204 e. The molecule has 0 fully saturated rings. The van der Waals surface area contributed by atoms with Gasteiger partial charge in [0.1, 0.15) is 19.8 Å². The second kappa shape index (κ2) is 46.9. The Morgan fingerprint density at radius 3 is 1.01 bits per heavy atom. The Morgan fingerprint density at radius 2 is 0.655 bits per heavy atom. The average Bonchev–Trinajstić information content (AvgIpc) is 3.58. The van der Waals surface area contributed by atoms with Gasteiger partial charge >= 0.3 is 0 Å². The number of hydrogen-bond donors (Lipinski definition) is 0. The van der Waals surface area contributed by atoms with Gasteiger partial charge in [0.25, 0.3) is 0 Å². The Kier molecular flexibility index (Phi) is 38.5. The van der Waals surface area contributed by atoms with E-state index in [2.05, 4.69) is 106 Å². The minimum Gasteiger partial charge on any atom is -0.502 e. The molecule has 0 amide bonds. The van der Waals surface area contributed by atoms with E-state index in [4.69, 9.17) is 77.0 Å². The molecule has 0 spiro atoms. The molecular formula is C68H88O16. The van der Waals surface area contributed by atoms with Crippen molar-refractivity contribution in [2.24, 2.45) is 0 Å². The number of rotatable bonds is 54. The molecular weight excluding hydrogens is 1070 g/mol. The van der Waals surface area contributed by atoms with Gasteiger partial charge in [0, 0.05) is 11.1 Å². The number of ether oxygens (including phenoxy) is 8. The van der Waals surface area contributed by atoms with Crippen LogP contribution < -0.4 is 28.4 Å². The number of hydrogen-bond acceptors (Lipinski definition) is 16. The lowest BCUT2D eigenvalue weighted by molar-refractivity contribution is -0.286. The van der Waals surface area contributed by atoms with Crippen LogP contribution in [0.3, 0.4) is 0 Å². The fourth-order valence-electron chi connectivity index (χ4n) is 7.56. The first-order chi connectivity index (χ1) is 41.6. The van der Waals surface area contributed by atoms with Gasteiger partial charge in [0.05, 0.1) is 91.8 Å². The first kappa shape index (κ1) is 69.0. The van der Waals surface area contributed by atoms with Crippen LogP contribution in [0.15, 0.2) is 155 Å². The van der Waals surface area contributed by atoms with E-state index >= 15 is 0 Å². The minimum absolute atomic E-state index is 0.317. The Morgan fingerprint density at radius 1 is 0.321 bits per heavy atom. The van der Waals surface area contributed by atoms with E-state index in [1.165, 1.54) is 18.8 Å². The van der Waals surface area contributed by atoms with Crippen molar-refractivity contribution < 1.29 is 77.0 Å². The highest BCUT2D eigenvalue weighted by molar-refractivity contribution is 5.78. The van der Waals surface area contributed by atoms with E-state index in [-0.39, 0.29) is 0 Å². The monoisotopic (exact) mass is 1160 g/mol. The molecule has 0 aliphatic carbocycles. The Labute approximate surface area is 498 Å². The summed E-state index contributed by atoms with van der Waals surface area (Å²) in [6, 6.07) is 24.7. The molecule has 0 saturated carbocycles. The summed E-state index contributed by atoms with van der Waals surface area (Å²) in [5.41, 5.74) is 8.34. The SMILES string of the molecule is C=C=COOCCCCOc1c(C=Cc2ccc(-c3ccc(C=Cc4ccc(OCCCCOC=C)c(OCCCCOC=C)c4OCCCCOOCC=C)cc3)cc2)ccc(OCCCCOOCC=C)c1OCCCCOOCC=C. The molecule has 0 saturated heterocycles. The molecule has 0 N–H and O–H groups in total. The van der Waals surface area contributed by atoms with Crippen molar-refractivity contribution in [1.29, 1.82) is 0 Å². The molecule has 84 heavy (non-hydrogen) atoms. The molecule has 0 heterocycles. The van der Waals surface area contributed by atoms with Crippen molar-refractivity contribution in [3.05, 3.63) is 177 Å². The van der Waals surface area contributed by atoms with E-state index in [9.17, 15) is 0 Å². The molecule has 0 aliphatic rings. The van der Waals surface area contributed by atoms with Gasteiger partial charge in [-0.1, -0.05) is 117 Å².